The molecule has 2 aromatic rings. The van der Waals surface area contributed by atoms with Crippen molar-refractivity contribution in [1.29, 1.82) is 0 Å². The quantitative estimate of drug-likeness (QED) is 0.813. The van der Waals surface area contributed by atoms with Crippen molar-refractivity contribution in [3.05, 3.63) is 41.9 Å². The molecule has 112 valence electrons. The summed E-state index contributed by atoms with van der Waals surface area (Å²) < 4.78 is 74.6. The van der Waals surface area contributed by atoms with E-state index in [4.69, 9.17) is 0 Å². The Morgan fingerprint density at radius 1 is 0.857 bits per heavy atom. The Balaban J connectivity index is 2.47. The Hall–Kier alpha value is -2.32. The molecule has 9 heteroatoms. The molecular weight excluding hydrogens is 302 g/mol. The highest BCUT2D eigenvalue weighted by Crippen LogP contribution is 2.34. The van der Waals surface area contributed by atoms with Gasteiger partial charge in [0.2, 0.25) is 5.82 Å². The summed E-state index contributed by atoms with van der Waals surface area (Å²) in [5.41, 5.74) is -1.55. The van der Waals surface area contributed by atoms with E-state index in [-0.39, 0.29) is 5.56 Å². The van der Waals surface area contributed by atoms with Crippen LogP contribution in [0.4, 0.5) is 26.3 Å². The molecule has 0 unspecified atom stereocenters. The van der Waals surface area contributed by atoms with Gasteiger partial charge in [-0.15, -0.1) is 0 Å². The third kappa shape index (κ3) is 3.23. The fourth-order valence-corrected chi connectivity index (χ4v) is 1.54. The van der Waals surface area contributed by atoms with Crippen molar-refractivity contribution in [3.63, 3.8) is 0 Å². The Morgan fingerprint density at radius 2 is 1.43 bits per heavy atom. The third-order valence-electron chi connectivity index (χ3n) is 2.51. The van der Waals surface area contributed by atoms with Gasteiger partial charge in [0.25, 0.3) is 0 Å². The number of aromatic nitrogens is 2. The Bertz CT molecular complexity index is 648. The van der Waals surface area contributed by atoms with Crippen molar-refractivity contribution in [2.24, 2.45) is 0 Å². The zero-order chi connectivity index (χ0) is 15.8. The molecule has 21 heavy (non-hydrogen) atoms. The molecule has 0 radical (unpaired) electrons. The maximum absolute atomic E-state index is 12.5. The van der Waals surface area contributed by atoms with Crippen molar-refractivity contribution >= 4 is 0 Å². The number of alkyl halides is 6. The fraction of sp³-hybridized carbons (Fsp3) is 0.167. The van der Waals surface area contributed by atoms with Gasteiger partial charge >= 0.3 is 12.4 Å². The smallest absolute Gasteiger partial charge is 0.451 e. The summed E-state index contributed by atoms with van der Waals surface area (Å²) in [7, 11) is 0. The summed E-state index contributed by atoms with van der Waals surface area (Å²) in [6.07, 6.45) is -8.85. The fourth-order valence-electron chi connectivity index (χ4n) is 1.54. The van der Waals surface area contributed by atoms with Gasteiger partial charge in [0.15, 0.2) is 5.75 Å². The first-order valence-corrected chi connectivity index (χ1v) is 5.40. The van der Waals surface area contributed by atoms with Crippen LogP contribution in [0.15, 0.2) is 30.5 Å². The van der Waals surface area contributed by atoms with E-state index >= 15 is 0 Å². The van der Waals surface area contributed by atoms with E-state index in [0.717, 1.165) is 12.1 Å². The third-order valence-corrected chi connectivity index (χ3v) is 2.51. The zero-order valence-corrected chi connectivity index (χ0v) is 10.00. The minimum atomic E-state index is -4.83. The second-order valence-corrected chi connectivity index (χ2v) is 4.00. The average molecular weight is 308 g/mol. The van der Waals surface area contributed by atoms with Crippen LogP contribution in [-0.2, 0) is 12.4 Å². The molecule has 0 aliphatic rings. The van der Waals surface area contributed by atoms with Crippen LogP contribution in [0.3, 0.4) is 0 Å². The van der Waals surface area contributed by atoms with E-state index in [1.54, 1.807) is 0 Å². The minimum Gasteiger partial charge on any atom is -0.504 e. The maximum atomic E-state index is 12.5. The number of benzene rings is 1. The van der Waals surface area contributed by atoms with Crippen LogP contribution >= 0.6 is 0 Å². The van der Waals surface area contributed by atoms with Crippen molar-refractivity contribution in [1.82, 2.24) is 9.97 Å². The second-order valence-electron chi connectivity index (χ2n) is 4.00. The first kappa shape index (κ1) is 15.1. The van der Waals surface area contributed by atoms with Gasteiger partial charge in [-0.3, -0.25) is 0 Å². The van der Waals surface area contributed by atoms with E-state index in [1.165, 1.54) is 0 Å². The number of halogens is 6. The van der Waals surface area contributed by atoms with Gasteiger partial charge < -0.3 is 5.11 Å². The second kappa shape index (κ2) is 4.90. The molecule has 0 aliphatic carbocycles. The standard InChI is InChI=1S/C12H6F6N2O/c13-11(14,15)7-3-1-6(2-4-7)9-8(21)5-19-10(20-9)12(16,17)18/h1-5,21H. The summed E-state index contributed by atoms with van der Waals surface area (Å²) in [5, 5.41) is 9.47. The van der Waals surface area contributed by atoms with Gasteiger partial charge in [-0.05, 0) is 12.1 Å². The van der Waals surface area contributed by atoms with Crippen LogP contribution in [0, 0.1) is 0 Å². The summed E-state index contributed by atoms with van der Waals surface area (Å²) >= 11 is 0. The molecule has 0 fully saturated rings. The largest absolute Gasteiger partial charge is 0.504 e. The lowest BCUT2D eigenvalue weighted by atomic mass is 10.1. The van der Waals surface area contributed by atoms with Crippen LogP contribution in [-0.4, -0.2) is 15.1 Å². The van der Waals surface area contributed by atoms with Crippen LogP contribution < -0.4 is 0 Å². The summed E-state index contributed by atoms with van der Waals surface area (Å²) in [5.74, 6) is -2.15. The van der Waals surface area contributed by atoms with Gasteiger partial charge in [-0.2, -0.15) is 26.3 Å². The van der Waals surface area contributed by atoms with Gasteiger partial charge in [0.05, 0.1) is 11.8 Å². The minimum absolute atomic E-state index is 0.0894. The van der Waals surface area contributed by atoms with E-state index in [1.807, 2.05) is 0 Å². The number of hydrogen-bond donors (Lipinski definition) is 1. The van der Waals surface area contributed by atoms with Crippen LogP contribution in [0.1, 0.15) is 11.4 Å². The molecule has 0 bridgehead atoms. The topological polar surface area (TPSA) is 46.0 Å². The molecule has 1 heterocycles. The summed E-state index contributed by atoms with van der Waals surface area (Å²) in [6, 6.07) is 3.21. The van der Waals surface area contributed by atoms with Gasteiger partial charge in [-0.25, -0.2) is 9.97 Å². The molecule has 0 saturated carbocycles. The molecule has 0 aliphatic heterocycles. The van der Waals surface area contributed by atoms with Crippen molar-refractivity contribution in [2.45, 2.75) is 12.4 Å². The average Bonchev–Trinajstić information content (AvgIpc) is 2.37. The molecule has 0 atom stereocenters. The first-order chi connectivity index (χ1) is 9.59. The maximum Gasteiger partial charge on any atom is 0.451 e. The van der Waals surface area contributed by atoms with E-state index in [9.17, 15) is 31.4 Å². The van der Waals surface area contributed by atoms with Crippen LogP contribution in [0.2, 0.25) is 0 Å². The molecule has 1 N–H and O–H groups in total. The molecule has 0 amide bonds. The lowest BCUT2D eigenvalue weighted by Crippen LogP contribution is -2.11. The molecule has 3 nitrogen and oxygen atoms in total. The number of aromatic hydroxyl groups is 1. The molecule has 0 saturated heterocycles. The van der Waals surface area contributed by atoms with E-state index in [2.05, 4.69) is 9.97 Å². The lowest BCUT2D eigenvalue weighted by molar-refractivity contribution is -0.145. The highest BCUT2D eigenvalue weighted by molar-refractivity contribution is 5.65. The zero-order valence-electron chi connectivity index (χ0n) is 10.00. The predicted molar refractivity (Wildman–Crippen MR) is 59.1 cm³/mol. The SMILES string of the molecule is Oc1cnc(C(F)(F)F)nc1-c1ccc(C(F)(F)F)cc1. The van der Waals surface area contributed by atoms with E-state index in [0.29, 0.717) is 18.3 Å². The molecular formula is C12H6F6N2O. The highest BCUT2D eigenvalue weighted by atomic mass is 19.4. The summed E-state index contributed by atoms with van der Waals surface area (Å²) in [6.45, 7) is 0. The highest BCUT2D eigenvalue weighted by Gasteiger charge is 2.35. The van der Waals surface area contributed by atoms with Crippen molar-refractivity contribution in [2.75, 3.05) is 0 Å². The van der Waals surface area contributed by atoms with Gasteiger partial charge in [0, 0.05) is 5.56 Å². The number of hydrogen-bond acceptors (Lipinski definition) is 3. The Kier molecular flexibility index (Phi) is 3.52. The molecule has 0 spiro atoms. The lowest BCUT2D eigenvalue weighted by Gasteiger charge is -2.10. The van der Waals surface area contributed by atoms with Crippen molar-refractivity contribution < 1.29 is 31.4 Å². The number of nitrogens with zero attached hydrogens (tertiary/aromatic N) is 2. The van der Waals surface area contributed by atoms with Crippen molar-refractivity contribution in [3.8, 4) is 17.0 Å². The summed E-state index contributed by atoms with van der Waals surface area (Å²) in [4.78, 5) is 6.06. The van der Waals surface area contributed by atoms with Gasteiger partial charge in [-0.1, -0.05) is 12.1 Å². The molecule has 1 aromatic carbocycles. The Labute approximate surface area is 113 Å². The van der Waals surface area contributed by atoms with Crippen LogP contribution in [0.5, 0.6) is 5.75 Å². The van der Waals surface area contributed by atoms with Gasteiger partial charge in [0.1, 0.15) is 5.69 Å². The Morgan fingerprint density at radius 3 is 1.90 bits per heavy atom. The predicted octanol–water partition coefficient (Wildman–Crippen LogP) is 3.89. The number of rotatable bonds is 1. The first-order valence-electron chi connectivity index (χ1n) is 5.40. The monoisotopic (exact) mass is 308 g/mol. The molecule has 1 aromatic heterocycles. The molecule has 2 rings (SSSR count). The van der Waals surface area contributed by atoms with E-state index < -0.39 is 35.2 Å². The van der Waals surface area contributed by atoms with Crippen LogP contribution in [0.25, 0.3) is 11.3 Å². The normalized spacial score (nSPS) is 12.5.